The minimum absolute atomic E-state index is 0.132. The van der Waals surface area contributed by atoms with Crippen LogP contribution in [0.3, 0.4) is 0 Å². The van der Waals surface area contributed by atoms with Crippen molar-refractivity contribution in [3.63, 3.8) is 0 Å². The molecule has 4 rings (SSSR count). The number of nitrogens with one attached hydrogen (secondary N) is 2. The zero-order valence-corrected chi connectivity index (χ0v) is 13.7. The Balaban J connectivity index is 1.60. The Morgan fingerprint density at radius 2 is 2.04 bits per heavy atom. The van der Waals surface area contributed by atoms with Crippen LogP contribution in [0.25, 0.3) is 11.0 Å². The summed E-state index contributed by atoms with van der Waals surface area (Å²) in [6, 6.07) is 13.6. The Labute approximate surface area is 144 Å². The van der Waals surface area contributed by atoms with Crippen molar-refractivity contribution < 1.29 is 9.18 Å². The Hall–Kier alpha value is -2.89. The summed E-state index contributed by atoms with van der Waals surface area (Å²) in [5.74, 6) is 0.411. The van der Waals surface area contributed by atoms with E-state index in [2.05, 4.69) is 15.3 Å². The van der Waals surface area contributed by atoms with Crippen LogP contribution in [0.15, 0.2) is 48.5 Å². The van der Waals surface area contributed by atoms with Crippen LogP contribution in [0.2, 0.25) is 0 Å². The molecule has 128 valence electrons. The molecular formula is C19H19FN4O. The number of hydrogen-bond acceptors (Lipinski definition) is 2. The number of anilines is 1. The Kier molecular flexibility index (Phi) is 4.09. The maximum atomic E-state index is 13.4. The molecule has 25 heavy (non-hydrogen) atoms. The van der Waals surface area contributed by atoms with Crippen LogP contribution in [0.1, 0.15) is 31.1 Å². The fourth-order valence-electron chi connectivity index (χ4n) is 3.34. The molecule has 2 amide bonds. The number of benzene rings is 2. The van der Waals surface area contributed by atoms with E-state index in [4.69, 9.17) is 0 Å². The molecule has 1 aromatic heterocycles. The second kappa shape index (κ2) is 6.55. The maximum absolute atomic E-state index is 13.4. The van der Waals surface area contributed by atoms with Crippen LogP contribution in [0.4, 0.5) is 14.9 Å². The van der Waals surface area contributed by atoms with Crippen LogP contribution >= 0.6 is 0 Å². The molecule has 1 atom stereocenters. The largest absolute Gasteiger partial charge is 0.340 e. The van der Waals surface area contributed by atoms with Crippen molar-refractivity contribution in [1.29, 1.82) is 0 Å². The highest BCUT2D eigenvalue weighted by atomic mass is 19.1. The molecule has 1 aliphatic rings. The van der Waals surface area contributed by atoms with E-state index in [9.17, 15) is 9.18 Å². The Morgan fingerprint density at radius 3 is 2.88 bits per heavy atom. The third kappa shape index (κ3) is 3.20. The monoisotopic (exact) mass is 338 g/mol. The highest BCUT2D eigenvalue weighted by molar-refractivity contribution is 5.89. The summed E-state index contributed by atoms with van der Waals surface area (Å²) in [6.07, 6.45) is 2.84. The molecule has 6 heteroatoms. The van der Waals surface area contributed by atoms with Gasteiger partial charge in [-0.25, -0.2) is 14.2 Å². The first-order valence-corrected chi connectivity index (χ1v) is 8.48. The van der Waals surface area contributed by atoms with E-state index in [1.807, 2.05) is 35.2 Å². The number of rotatable bonds is 2. The predicted octanol–water partition coefficient (Wildman–Crippen LogP) is 4.46. The van der Waals surface area contributed by atoms with Crippen LogP contribution in [0.5, 0.6) is 0 Å². The first kappa shape index (κ1) is 15.6. The second-order valence-corrected chi connectivity index (χ2v) is 6.28. The molecule has 0 aliphatic carbocycles. The van der Waals surface area contributed by atoms with Gasteiger partial charge in [-0.15, -0.1) is 0 Å². The number of halogens is 1. The fraction of sp³-hybridized carbons (Fsp3) is 0.263. The van der Waals surface area contributed by atoms with Gasteiger partial charge < -0.3 is 15.2 Å². The number of piperidine rings is 1. The lowest BCUT2D eigenvalue weighted by atomic mass is 10.0. The SMILES string of the molecule is O=C(Nc1ccccc1)N1CCCCC1c1nc2ccc(F)cc2[nH]1. The summed E-state index contributed by atoms with van der Waals surface area (Å²) in [5, 5.41) is 2.94. The van der Waals surface area contributed by atoms with Gasteiger partial charge in [-0.3, -0.25) is 0 Å². The zero-order valence-electron chi connectivity index (χ0n) is 13.7. The van der Waals surface area contributed by atoms with E-state index >= 15 is 0 Å². The number of carbonyl (C=O) groups is 1. The molecule has 2 aromatic carbocycles. The molecule has 1 unspecified atom stereocenters. The molecule has 1 saturated heterocycles. The average Bonchev–Trinajstić information content (AvgIpc) is 3.05. The molecule has 2 N–H and O–H groups in total. The molecule has 1 aliphatic heterocycles. The van der Waals surface area contributed by atoms with Gasteiger partial charge in [0.2, 0.25) is 0 Å². The number of carbonyl (C=O) groups excluding carboxylic acids is 1. The summed E-state index contributed by atoms with van der Waals surface area (Å²) in [5.41, 5.74) is 2.14. The third-order valence-electron chi connectivity index (χ3n) is 4.57. The van der Waals surface area contributed by atoms with E-state index in [0.717, 1.165) is 24.9 Å². The lowest BCUT2D eigenvalue weighted by Gasteiger charge is -2.34. The maximum Gasteiger partial charge on any atom is 0.322 e. The summed E-state index contributed by atoms with van der Waals surface area (Å²) in [6.45, 7) is 0.675. The summed E-state index contributed by atoms with van der Waals surface area (Å²) in [7, 11) is 0. The van der Waals surface area contributed by atoms with E-state index in [-0.39, 0.29) is 17.9 Å². The van der Waals surface area contributed by atoms with Crippen molar-refractivity contribution in [2.24, 2.45) is 0 Å². The lowest BCUT2D eigenvalue weighted by Crippen LogP contribution is -2.41. The number of fused-ring (bicyclic) bond motifs is 1. The topological polar surface area (TPSA) is 61.0 Å². The Bertz CT molecular complexity index is 893. The van der Waals surface area contributed by atoms with Crippen molar-refractivity contribution in [1.82, 2.24) is 14.9 Å². The van der Waals surface area contributed by atoms with E-state index in [0.29, 0.717) is 23.4 Å². The second-order valence-electron chi connectivity index (χ2n) is 6.28. The van der Waals surface area contributed by atoms with Gasteiger partial charge in [-0.05, 0) is 49.6 Å². The van der Waals surface area contributed by atoms with Gasteiger partial charge in [0, 0.05) is 12.2 Å². The van der Waals surface area contributed by atoms with Gasteiger partial charge in [0.25, 0.3) is 0 Å². The molecule has 0 spiro atoms. The van der Waals surface area contributed by atoms with Crippen molar-refractivity contribution in [2.75, 3.05) is 11.9 Å². The van der Waals surface area contributed by atoms with E-state index in [1.54, 1.807) is 6.07 Å². The number of hydrogen-bond donors (Lipinski definition) is 2. The molecule has 0 radical (unpaired) electrons. The molecule has 3 aromatic rings. The molecule has 2 heterocycles. The number of para-hydroxylation sites is 1. The van der Waals surface area contributed by atoms with Crippen molar-refractivity contribution in [2.45, 2.75) is 25.3 Å². The molecule has 1 fully saturated rings. The first-order chi connectivity index (χ1) is 12.2. The standard InChI is InChI=1S/C19H19FN4O/c20-13-9-10-15-16(12-13)23-18(22-15)17-8-4-5-11-24(17)19(25)21-14-6-2-1-3-7-14/h1-3,6-7,9-10,12,17H,4-5,8,11H2,(H,21,25)(H,22,23). The number of likely N-dealkylation sites (tertiary alicyclic amines) is 1. The quantitative estimate of drug-likeness (QED) is 0.724. The first-order valence-electron chi connectivity index (χ1n) is 8.48. The van der Waals surface area contributed by atoms with Crippen LogP contribution < -0.4 is 5.32 Å². The number of urea groups is 1. The fourth-order valence-corrected chi connectivity index (χ4v) is 3.34. The van der Waals surface area contributed by atoms with Crippen molar-refractivity contribution in [3.05, 3.63) is 60.2 Å². The average molecular weight is 338 g/mol. The van der Waals surface area contributed by atoms with Crippen LogP contribution in [0, 0.1) is 5.82 Å². The van der Waals surface area contributed by atoms with Crippen molar-refractivity contribution >= 4 is 22.8 Å². The molecule has 0 bridgehead atoms. The highest BCUT2D eigenvalue weighted by Gasteiger charge is 2.30. The number of nitrogens with zero attached hydrogens (tertiary/aromatic N) is 2. The van der Waals surface area contributed by atoms with Crippen LogP contribution in [-0.2, 0) is 0 Å². The van der Waals surface area contributed by atoms with Gasteiger partial charge in [0.15, 0.2) is 0 Å². The van der Waals surface area contributed by atoms with Crippen LogP contribution in [-0.4, -0.2) is 27.4 Å². The lowest BCUT2D eigenvalue weighted by molar-refractivity contribution is 0.160. The van der Waals surface area contributed by atoms with Crippen molar-refractivity contribution in [3.8, 4) is 0 Å². The predicted molar refractivity (Wildman–Crippen MR) is 94.8 cm³/mol. The van der Waals surface area contributed by atoms with Gasteiger partial charge >= 0.3 is 6.03 Å². The van der Waals surface area contributed by atoms with Gasteiger partial charge in [0.05, 0.1) is 17.1 Å². The molecule has 0 saturated carbocycles. The summed E-state index contributed by atoms with van der Waals surface area (Å²) < 4.78 is 13.4. The molecular weight excluding hydrogens is 319 g/mol. The van der Waals surface area contributed by atoms with Gasteiger partial charge in [-0.1, -0.05) is 18.2 Å². The zero-order chi connectivity index (χ0) is 17.2. The minimum Gasteiger partial charge on any atom is -0.340 e. The number of H-pyrrole nitrogens is 1. The normalized spacial score (nSPS) is 17.6. The number of imidazole rings is 1. The third-order valence-corrected chi connectivity index (χ3v) is 4.57. The summed E-state index contributed by atoms with van der Waals surface area (Å²) >= 11 is 0. The number of aromatic nitrogens is 2. The van der Waals surface area contributed by atoms with E-state index in [1.165, 1.54) is 12.1 Å². The number of amides is 2. The minimum atomic E-state index is -0.301. The number of aromatic amines is 1. The van der Waals surface area contributed by atoms with Gasteiger partial charge in [0.1, 0.15) is 11.6 Å². The smallest absolute Gasteiger partial charge is 0.322 e. The highest BCUT2D eigenvalue weighted by Crippen LogP contribution is 2.31. The van der Waals surface area contributed by atoms with E-state index < -0.39 is 0 Å². The Morgan fingerprint density at radius 1 is 1.20 bits per heavy atom. The summed E-state index contributed by atoms with van der Waals surface area (Å²) in [4.78, 5) is 22.3. The van der Waals surface area contributed by atoms with Gasteiger partial charge in [-0.2, -0.15) is 0 Å². The molecule has 5 nitrogen and oxygen atoms in total.